The molecule has 0 unspecified atom stereocenters. The fourth-order valence-electron chi connectivity index (χ4n) is 1.81. The smallest absolute Gasteiger partial charge is 0.254 e. The van der Waals surface area contributed by atoms with E-state index in [0.717, 1.165) is 5.69 Å². The topological polar surface area (TPSA) is 50.3 Å². The third-order valence-electron chi connectivity index (χ3n) is 2.77. The number of aromatic nitrogens is 1. The first kappa shape index (κ1) is 13.4. The molecule has 0 bridgehead atoms. The lowest BCUT2D eigenvalue weighted by Crippen LogP contribution is -2.27. The summed E-state index contributed by atoms with van der Waals surface area (Å²) in [6.07, 6.45) is 0. The number of nitrogens with zero attached hydrogens (tertiary/aromatic N) is 2. The van der Waals surface area contributed by atoms with Crippen LogP contribution in [0.15, 0.2) is 35.2 Å². The highest BCUT2D eigenvalue weighted by Gasteiger charge is 2.17. The maximum Gasteiger partial charge on any atom is 0.254 e. The van der Waals surface area contributed by atoms with Crippen LogP contribution in [0.25, 0.3) is 0 Å². The van der Waals surface area contributed by atoms with Gasteiger partial charge in [-0.2, -0.15) is 0 Å². The Labute approximate surface area is 115 Å². The van der Waals surface area contributed by atoms with Crippen molar-refractivity contribution in [1.29, 1.82) is 0 Å². The minimum Gasteiger partial charge on any atom is -0.336 e. The van der Waals surface area contributed by atoms with E-state index >= 15 is 0 Å². The first-order valence-corrected chi connectivity index (χ1v) is 6.76. The van der Waals surface area contributed by atoms with Gasteiger partial charge in [-0.1, -0.05) is 18.2 Å². The van der Waals surface area contributed by atoms with Gasteiger partial charge in [-0.15, -0.1) is 11.3 Å². The summed E-state index contributed by atoms with van der Waals surface area (Å²) in [6, 6.07) is 6.87. The normalized spacial score (nSPS) is 10.2. The lowest BCUT2D eigenvalue weighted by atomic mass is 10.0. The number of hydrogen-bond acceptors (Lipinski definition) is 4. The Morgan fingerprint density at radius 3 is 2.53 bits per heavy atom. The van der Waals surface area contributed by atoms with Crippen molar-refractivity contribution in [2.45, 2.75) is 13.5 Å². The van der Waals surface area contributed by atoms with Gasteiger partial charge >= 0.3 is 0 Å². The van der Waals surface area contributed by atoms with Gasteiger partial charge in [0.15, 0.2) is 5.78 Å². The third-order valence-corrected chi connectivity index (χ3v) is 3.40. The molecular weight excluding hydrogens is 260 g/mol. The maximum atomic E-state index is 12.3. The molecule has 2 aromatic rings. The van der Waals surface area contributed by atoms with Crippen LogP contribution in [-0.4, -0.2) is 28.6 Å². The number of rotatable bonds is 4. The number of ketones is 1. The molecule has 4 nitrogen and oxygen atoms in total. The van der Waals surface area contributed by atoms with Crippen LogP contribution >= 0.6 is 11.3 Å². The molecule has 2 rings (SSSR count). The van der Waals surface area contributed by atoms with Crippen LogP contribution in [0.3, 0.4) is 0 Å². The van der Waals surface area contributed by atoms with E-state index < -0.39 is 0 Å². The van der Waals surface area contributed by atoms with E-state index in [9.17, 15) is 9.59 Å². The Kier molecular flexibility index (Phi) is 4.06. The van der Waals surface area contributed by atoms with Crippen molar-refractivity contribution in [2.75, 3.05) is 7.05 Å². The molecule has 0 aliphatic rings. The van der Waals surface area contributed by atoms with Gasteiger partial charge in [0, 0.05) is 18.0 Å². The van der Waals surface area contributed by atoms with Gasteiger partial charge in [-0.25, -0.2) is 4.98 Å². The number of benzene rings is 1. The van der Waals surface area contributed by atoms with E-state index in [-0.39, 0.29) is 11.7 Å². The Balaban J connectivity index is 2.22. The van der Waals surface area contributed by atoms with E-state index in [1.807, 2.05) is 5.38 Å². The summed E-state index contributed by atoms with van der Waals surface area (Å²) >= 11 is 1.49. The number of Topliss-reactive ketones (excluding diaryl/α,β-unsaturated/α-hetero) is 1. The molecule has 0 atom stereocenters. The summed E-state index contributed by atoms with van der Waals surface area (Å²) in [5, 5.41) is 1.90. The van der Waals surface area contributed by atoms with Crippen molar-refractivity contribution in [3.05, 3.63) is 52.0 Å². The SMILES string of the molecule is CC(=O)c1ccccc1C(=O)N(C)Cc1cscn1. The Bertz CT molecular complexity index is 593. The van der Waals surface area contributed by atoms with Gasteiger partial charge in [0.25, 0.3) is 5.91 Å². The zero-order valence-electron chi connectivity index (χ0n) is 10.8. The summed E-state index contributed by atoms with van der Waals surface area (Å²) in [4.78, 5) is 29.6. The molecule has 0 radical (unpaired) electrons. The molecule has 98 valence electrons. The largest absolute Gasteiger partial charge is 0.336 e. The molecule has 0 aliphatic heterocycles. The molecule has 19 heavy (non-hydrogen) atoms. The molecule has 0 aliphatic carbocycles. The summed E-state index contributed by atoms with van der Waals surface area (Å²) in [5.74, 6) is -0.273. The molecule has 0 spiro atoms. The van der Waals surface area contributed by atoms with Gasteiger partial charge in [0.05, 0.1) is 23.3 Å². The van der Waals surface area contributed by atoms with Gasteiger partial charge in [-0.3, -0.25) is 9.59 Å². The van der Waals surface area contributed by atoms with Crippen LogP contribution in [0.4, 0.5) is 0 Å². The average molecular weight is 274 g/mol. The molecule has 1 amide bonds. The summed E-state index contributed by atoms with van der Waals surface area (Å²) in [7, 11) is 1.71. The van der Waals surface area contributed by atoms with Crippen LogP contribution in [0.2, 0.25) is 0 Å². The fraction of sp³-hybridized carbons (Fsp3) is 0.214. The predicted octanol–water partition coefficient (Wildman–Crippen LogP) is 2.62. The van der Waals surface area contributed by atoms with Gasteiger partial charge in [0.2, 0.25) is 0 Å². The Morgan fingerprint density at radius 2 is 1.95 bits per heavy atom. The molecule has 1 heterocycles. The third kappa shape index (κ3) is 3.06. The van der Waals surface area contributed by atoms with E-state index in [4.69, 9.17) is 0 Å². The van der Waals surface area contributed by atoms with Gasteiger partial charge in [0.1, 0.15) is 0 Å². The quantitative estimate of drug-likeness (QED) is 0.805. The van der Waals surface area contributed by atoms with Crippen molar-refractivity contribution in [2.24, 2.45) is 0 Å². The lowest BCUT2D eigenvalue weighted by molar-refractivity contribution is 0.0778. The minimum absolute atomic E-state index is 0.106. The average Bonchev–Trinajstić information content (AvgIpc) is 2.90. The van der Waals surface area contributed by atoms with Crippen molar-refractivity contribution >= 4 is 23.0 Å². The molecule has 1 aromatic heterocycles. The molecule has 5 heteroatoms. The van der Waals surface area contributed by atoms with Crippen LogP contribution < -0.4 is 0 Å². The summed E-state index contributed by atoms with van der Waals surface area (Å²) < 4.78 is 0. The van der Waals surface area contributed by atoms with Crippen LogP contribution in [-0.2, 0) is 6.54 Å². The first-order valence-electron chi connectivity index (χ1n) is 5.82. The number of carbonyl (C=O) groups is 2. The highest BCUT2D eigenvalue weighted by atomic mass is 32.1. The van der Waals surface area contributed by atoms with E-state index in [0.29, 0.717) is 17.7 Å². The molecule has 0 saturated heterocycles. The minimum atomic E-state index is -0.168. The summed E-state index contributed by atoms with van der Waals surface area (Å²) in [5.41, 5.74) is 3.48. The lowest BCUT2D eigenvalue weighted by Gasteiger charge is -2.17. The van der Waals surface area contributed by atoms with Crippen molar-refractivity contribution in [3.8, 4) is 0 Å². The zero-order chi connectivity index (χ0) is 13.8. The predicted molar refractivity (Wildman–Crippen MR) is 74.4 cm³/mol. The van der Waals surface area contributed by atoms with Crippen molar-refractivity contribution in [1.82, 2.24) is 9.88 Å². The second kappa shape index (κ2) is 5.75. The van der Waals surface area contributed by atoms with Crippen LogP contribution in [0.1, 0.15) is 33.3 Å². The molecule has 0 saturated carbocycles. The molecule has 1 aromatic carbocycles. The second-order valence-electron chi connectivity index (χ2n) is 4.24. The number of amides is 1. The van der Waals surface area contributed by atoms with E-state index in [1.54, 1.807) is 41.7 Å². The van der Waals surface area contributed by atoms with Crippen molar-refractivity contribution in [3.63, 3.8) is 0 Å². The van der Waals surface area contributed by atoms with E-state index in [1.165, 1.54) is 18.3 Å². The Hall–Kier alpha value is -2.01. The van der Waals surface area contributed by atoms with Crippen LogP contribution in [0, 0.1) is 0 Å². The maximum absolute atomic E-state index is 12.3. The first-order chi connectivity index (χ1) is 9.09. The Morgan fingerprint density at radius 1 is 1.26 bits per heavy atom. The van der Waals surface area contributed by atoms with E-state index in [2.05, 4.69) is 4.98 Å². The fourth-order valence-corrected chi connectivity index (χ4v) is 2.36. The number of carbonyl (C=O) groups excluding carboxylic acids is 2. The van der Waals surface area contributed by atoms with Crippen LogP contribution in [0.5, 0.6) is 0 Å². The van der Waals surface area contributed by atoms with Gasteiger partial charge < -0.3 is 4.90 Å². The highest BCUT2D eigenvalue weighted by molar-refractivity contribution is 7.07. The molecule has 0 N–H and O–H groups in total. The number of thiazole rings is 1. The molecule has 0 fully saturated rings. The van der Waals surface area contributed by atoms with Crippen molar-refractivity contribution < 1.29 is 9.59 Å². The monoisotopic (exact) mass is 274 g/mol. The standard InChI is InChI=1S/C14H14N2O2S/c1-10(17)12-5-3-4-6-13(12)14(18)16(2)7-11-8-19-9-15-11/h3-6,8-9H,7H2,1-2H3. The molecular formula is C14H14N2O2S. The summed E-state index contributed by atoms with van der Waals surface area (Å²) in [6.45, 7) is 1.90. The number of hydrogen-bond donors (Lipinski definition) is 0. The zero-order valence-corrected chi connectivity index (χ0v) is 11.6. The second-order valence-corrected chi connectivity index (χ2v) is 4.96. The highest BCUT2D eigenvalue weighted by Crippen LogP contribution is 2.14. The van der Waals surface area contributed by atoms with Gasteiger partial charge in [-0.05, 0) is 13.0 Å².